The maximum Gasteiger partial charge on any atom is 0.276 e. The van der Waals surface area contributed by atoms with Gasteiger partial charge in [0.15, 0.2) is 5.13 Å². The second-order valence-electron chi connectivity index (χ2n) is 6.30. The molecule has 23 heavy (non-hydrogen) atoms. The van der Waals surface area contributed by atoms with E-state index in [1.54, 1.807) is 11.3 Å². The molecule has 1 saturated heterocycles. The van der Waals surface area contributed by atoms with Crippen molar-refractivity contribution in [2.75, 3.05) is 18.4 Å². The molecule has 2 fully saturated rings. The normalized spacial score (nSPS) is 18.8. The van der Waals surface area contributed by atoms with Gasteiger partial charge in [0.2, 0.25) is 0 Å². The van der Waals surface area contributed by atoms with E-state index < -0.39 is 0 Å². The van der Waals surface area contributed by atoms with Crippen molar-refractivity contribution in [2.24, 2.45) is 0 Å². The van der Waals surface area contributed by atoms with Crippen LogP contribution in [0.3, 0.4) is 0 Å². The summed E-state index contributed by atoms with van der Waals surface area (Å²) >= 11 is 1.58. The molecule has 0 bridgehead atoms. The molecule has 2 aromatic rings. The van der Waals surface area contributed by atoms with Gasteiger partial charge in [-0.1, -0.05) is 6.07 Å². The third-order valence-electron chi connectivity index (χ3n) is 4.55. The predicted octanol–water partition coefficient (Wildman–Crippen LogP) is 3.13. The number of rotatable bonds is 4. The van der Waals surface area contributed by atoms with Gasteiger partial charge in [0.05, 0.1) is 0 Å². The molecule has 0 spiro atoms. The number of pyridine rings is 1. The fraction of sp³-hybridized carbons (Fsp3) is 0.471. The highest BCUT2D eigenvalue weighted by Gasteiger charge is 2.24. The first kappa shape index (κ1) is 14.8. The van der Waals surface area contributed by atoms with Gasteiger partial charge in [-0.3, -0.25) is 15.1 Å². The summed E-state index contributed by atoms with van der Waals surface area (Å²) < 4.78 is 0. The van der Waals surface area contributed by atoms with Gasteiger partial charge in [-0.15, -0.1) is 11.3 Å². The zero-order valence-electron chi connectivity index (χ0n) is 12.9. The van der Waals surface area contributed by atoms with Crippen LogP contribution < -0.4 is 10.6 Å². The molecule has 4 rings (SSSR count). The predicted molar refractivity (Wildman–Crippen MR) is 91.1 cm³/mol. The fourth-order valence-electron chi connectivity index (χ4n) is 3.00. The van der Waals surface area contributed by atoms with Crippen molar-refractivity contribution in [1.29, 1.82) is 0 Å². The van der Waals surface area contributed by atoms with Crippen molar-refractivity contribution in [3.63, 3.8) is 0 Å². The Morgan fingerprint density at radius 1 is 1.09 bits per heavy atom. The maximum absolute atomic E-state index is 12.3. The second kappa shape index (κ2) is 6.37. The van der Waals surface area contributed by atoms with Crippen LogP contribution >= 0.6 is 11.3 Å². The average molecular weight is 328 g/mol. The van der Waals surface area contributed by atoms with Gasteiger partial charge in [-0.2, -0.15) is 0 Å². The van der Waals surface area contributed by atoms with Crippen LogP contribution in [0.15, 0.2) is 24.5 Å². The average Bonchev–Trinajstić information content (AvgIpc) is 3.35. The third kappa shape index (κ3) is 3.43. The van der Waals surface area contributed by atoms with Gasteiger partial charge in [0, 0.05) is 17.3 Å². The molecule has 2 aliphatic rings. The molecule has 1 saturated carbocycles. The number of aromatic nitrogens is 2. The Bertz CT molecular complexity index is 687. The minimum absolute atomic E-state index is 0.182. The monoisotopic (exact) mass is 328 g/mol. The summed E-state index contributed by atoms with van der Waals surface area (Å²) in [6.07, 6.45) is 8.49. The first-order valence-corrected chi connectivity index (χ1v) is 9.05. The maximum atomic E-state index is 12.3. The highest BCUT2D eigenvalue weighted by atomic mass is 32.1. The molecule has 0 unspecified atom stereocenters. The van der Waals surface area contributed by atoms with E-state index in [2.05, 4.69) is 20.6 Å². The molecule has 1 amide bonds. The zero-order valence-corrected chi connectivity index (χ0v) is 13.7. The van der Waals surface area contributed by atoms with E-state index in [0.29, 0.717) is 22.7 Å². The number of carbonyl (C=O) groups is 1. The first-order chi connectivity index (χ1) is 11.3. The van der Waals surface area contributed by atoms with E-state index in [9.17, 15) is 4.79 Å². The molecule has 5 nitrogen and oxygen atoms in total. The minimum atomic E-state index is -0.182. The molecular weight excluding hydrogens is 308 g/mol. The van der Waals surface area contributed by atoms with E-state index in [1.165, 1.54) is 23.3 Å². The molecule has 0 atom stereocenters. The van der Waals surface area contributed by atoms with Gasteiger partial charge in [-0.25, -0.2) is 4.98 Å². The van der Waals surface area contributed by atoms with Gasteiger partial charge in [-0.05, 0) is 62.2 Å². The van der Waals surface area contributed by atoms with Crippen LogP contribution in [0.1, 0.15) is 58.4 Å². The Hall–Kier alpha value is -1.79. The smallest absolute Gasteiger partial charge is 0.276 e. The number of hydrogen-bond donors (Lipinski definition) is 2. The lowest BCUT2D eigenvalue weighted by Crippen LogP contribution is -2.26. The summed E-state index contributed by atoms with van der Waals surface area (Å²) in [4.78, 5) is 22.2. The first-order valence-electron chi connectivity index (χ1n) is 8.23. The van der Waals surface area contributed by atoms with E-state index in [4.69, 9.17) is 0 Å². The Balaban J connectivity index is 1.40. The van der Waals surface area contributed by atoms with Crippen LogP contribution in [-0.2, 0) is 0 Å². The number of thiazole rings is 1. The van der Waals surface area contributed by atoms with Crippen molar-refractivity contribution in [1.82, 2.24) is 15.3 Å². The van der Waals surface area contributed by atoms with Crippen LogP contribution in [0, 0.1) is 0 Å². The lowest BCUT2D eigenvalue weighted by Gasteiger charge is -2.20. The molecule has 0 radical (unpaired) electrons. The summed E-state index contributed by atoms with van der Waals surface area (Å²) in [5.41, 5.74) is 1.69. The molecule has 120 valence electrons. The highest BCUT2D eigenvalue weighted by Crippen LogP contribution is 2.39. The number of nitrogens with one attached hydrogen (secondary N) is 2. The van der Waals surface area contributed by atoms with Crippen LogP contribution in [-0.4, -0.2) is 29.0 Å². The van der Waals surface area contributed by atoms with Gasteiger partial charge in [0.25, 0.3) is 5.91 Å². The molecule has 0 aromatic carbocycles. The molecule has 2 aromatic heterocycles. The van der Waals surface area contributed by atoms with Crippen molar-refractivity contribution in [2.45, 2.75) is 37.5 Å². The van der Waals surface area contributed by atoms with Crippen LogP contribution in [0.4, 0.5) is 5.13 Å². The molecule has 1 aliphatic carbocycles. The van der Waals surface area contributed by atoms with Gasteiger partial charge >= 0.3 is 0 Å². The number of nitrogens with zero attached hydrogens (tertiary/aromatic N) is 2. The summed E-state index contributed by atoms with van der Waals surface area (Å²) in [5, 5.41) is 6.90. The summed E-state index contributed by atoms with van der Waals surface area (Å²) in [7, 11) is 0. The number of amides is 1. The molecule has 3 heterocycles. The lowest BCUT2D eigenvalue weighted by atomic mass is 9.97. The number of piperidine rings is 1. The van der Waals surface area contributed by atoms with E-state index >= 15 is 0 Å². The number of hydrogen-bond acceptors (Lipinski definition) is 5. The molecule has 1 aliphatic heterocycles. The largest absolute Gasteiger partial charge is 0.317 e. The molecule has 2 N–H and O–H groups in total. The van der Waals surface area contributed by atoms with Gasteiger partial charge < -0.3 is 5.32 Å². The van der Waals surface area contributed by atoms with Crippen molar-refractivity contribution >= 4 is 22.4 Å². The Labute approximate surface area is 139 Å². The van der Waals surface area contributed by atoms with Gasteiger partial charge in [0.1, 0.15) is 5.69 Å². The standard InChI is InChI=1S/C17H20N4OS/c22-16(14-4-3-13(9-19-14)11-1-2-11)21-17-20-10-15(23-17)12-5-7-18-8-6-12/h3-4,9-12,18H,1-2,5-8H2,(H,20,21,22). The summed E-state index contributed by atoms with van der Waals surface area (Å²) in [6.45, 7) is 2.11. The number of carbonyl (C=O) groups excluding carboxylic acids is 1. The number of anilines is 1. The topological polar surface area (TPSA) is 66.9 Å². The fourth-order valence-corrected chi connectivity index (χ4v) is 3.98. The second-order valence-corrected chi connectivity index (χ2v) is 7.36. The minimum Gasteiger partial charge on any atom is -0.317 e. The highest BCUT2D eigenvalue weighted by molar-refractivity contribution is 7.15. The quantitative estimate of drug-likeness (QED) is 0.905. The van der Waals surface area contributed by atoms with Crippen LogP contribution in [0.5, 0.6) is 0 Å². The summed E-state index contributed by atoms with van der Waals surface area (Å²) in [5.74, 6) is 1.04. The molecular formula is C17H20N4OS. The van der Waals surface area contributed by atoms with E-state index in [0.717, 1.165) is 25.9 Å². The third-order valence-corrected chi connectivity index (χ3v) is 5.63. The van der Waals surface area contributed by atoms with Crippen molar-refractivity contribution in [3.05, 3.63) is 40.7 Å². The zero-order chi connectivity index (χ0) is 15.6. The molecule has 6 heteroatoms. The SMILES string of the molecule is O=C(Nc1ncc(C2CCNCC2)s1)c1ccc(C2CC2)cn1. The van der Waals surface area contributed by atoms with E-state index in [-0.39, 0.29) is 5.91 Å². The van der Waals surface area contributed by atoms with Crippen molar-refractivity contribution in [3.8, 4) is 0 Å². The Kier molecular flexibility index (Phi) is 4.10. The van der Waals surface area contributed by atoms with E-state index in [1.807, 2.05) is 24.5 Å². The Morgan fingerprint density at radius 3 is 2.61 bits per heavy atom. The lowest BCUT2D eigenvalue weighted by molar-refractivity contribution is 0.102. The van der Waals surface area contributed by atoms with Crippen LogP contribution in [0.2, 0.25) is 0 Å². The van der Waals surface area contributed by atoms with Crippen LogP contribution in [0.25, 0.3) is 0 Å². The Morgan fingerprint density at radius 2 is 1.91 bits per heavy atom. The summed E-state index contributed by atoms with van der Waals surface area (Å²) in [6, 6.07) is 3.83. The van der Waals surface area contributed by atoms with Crippen molar-refractivity contribution < 1.29 is 4.79 Å².